The monoisotopic (exact) mass is 278 g/mol. The molecular formula is C15H22N2OS. The lowest BCUT2D eigenvalue weighted by Gasteiger charge is -2.21. The van der Waals surface area contributed by atoms with Crippen molar-refractivity contribution in [2.75, 3.05) is 19.0 Å². The van der Waals surface area contributed by atoms with E-state index in [0.717, 1.165) is 29.4 Å². The van der Waals surface area contributed by atoms with E-state index in [0.29, 0.717) is 0 Å². The zero-order valence-corrected chi connectivity index (χ0v) is 13.1. The highest BCUT2D eigenvalue weighted by molar-refractivity contribution is 7.22. The maximum Gasteiger partial charge on any atom is 0.183 e. The van der Waals surface area contributed by atoms with Gasteiger partial charge in [0.2, 0.25) is 0 Å². The summed E-state index contributed by atoms with van der Waals surface area (Å²) >= 11 is 1.68. The summed E-state index contributed by atoms with van der Waals surface area (Å²) in [7, 11) is 1.73. The van der Waals surface area contributed by atoms with Crippen LogP contribution >= 0.6 is 11.3 Å². The number of hydrogen-bond donors (Lipinski definition) is 1. The van der Waals surface area contributed by atoms with Gasteiger partial charge in [-0.15, -0.1) is 0 Å². The number of nitrogens with one attached hydrogen (secondary N) is 1. The van der Waals surface area contributed by atoms with Crippen molar-refractivity contribution in [1.82, 2.24) is 4.98 Å². The predicted molar refractivity (Wildman–Crippen MR) is 83.7 cm³/mol. The second kappa shape index (κ2) is 5.37. The molecule has 0 saturated heterocycles. The fraction of sp³-hybridized carbons (Fsp3) is 0.533. The zero-order chi connectivity index (χ0) is 14.0. The highest BCUT2D eigenvalue weighted by Crippen LogP contribution is 2.37. The Morgan fingerprint density at radius 1 is 1.32 bits per heavy atom. The highest BCUT2D eigenvalue weighted by atomic mass is 32.1. The van der Waals surface area contributed by atoms with Crippen molar-refractivity contribution >= 4 is 26.7 Å². The zero-order valence-electron chi connectivity index (χ0n) is 12.3. The first-order valence-electron chi connectivity index (χ1n) is 6.68. The molecule has 104 valence electrons. The quantitative estimate of drug-likeness (QED) is 0.898. The third-order valence-corrected chi connectivity index (χ3v) is 4.02. The van der Waals surface area contributed by atoms with Crippen LogP contribution in [0.2, 0.25) is 0 Å². The fourth-order valence-electron chi connectivity index (χ4n) is 2.02. The summed E-state index contributed by atoms with van der Waals surface area (Å²) in [5.41, 5.74) is 2.31. The van der Waals surface area contributed by atoms with Crippen LogP contribution in [-0.2, 0) is 5.41 Å². The lowest BCUT2D eigenvalue weighted by atomic mass is 9.86. The molecular weight excluding hydrogens is 256 g/mol. The summed E-state index contributed by atoms with van der Waals surface area (Å²) in [6, 6.07) is 4.26. The van der Waals surface area contributed by atoms with E-state index < -0.39 is 0 Å². The summed E-state index contributed by atoms with van der Waals surface area (Å²) in [5.74, 6) is 0.950. The Bertz CT molecular complexity index is 569. The van der Waals surface area contributed by atoms with E-state index in [2.05, 4.69) is 50.1 Å². The van der Waals surface area contributed by atoms with Crippen LogP contribution < -0.4 is 10.1 Å². The van der Waals surface area contributed by atoms with Gasteiger partial charge < -0.3 is 10.1 Å². The number of nitrogens with zero attached hydrogens (tertiary/aromatic N) is 1. The molecule has 0 bridgehead atoms. The Labute approximate surface area is 119 Å². The Hall–Kier alpha value is -1.29. The Balaban J connectivity index is 2.48. The molecule has 0 aliphatic heterocycles. The van der Waals surface area contributed by atoms with Gasteiger partial charge in [0.1, 0.15) is 5.75 Å². The lowest BCUT2D eigenvalue weighted by Crippen LogP contribution is -2.12. The van der Waals surface area contributed by atoms with Crippen molar-refractivity contribution in [3.8, 4) is 5.75 Å². The minimum atomic E-state index is 0.0557. The highest BCUT2D eigenvalue weighted by Gasteiger charge is 2.20. The van der Waals surface area contributed by atoms with E-state index in [9.17, 15) is 0 Å². The second-order valence-electron chi connectivity index (χ2n) is 5.72. The van der Waals surface area contributed by atoms with Gasteiger partial charge in [-0.25, -0.2) is 4.98 Å². The van der Waals surface area contributed by atoms with Gasteiger partial charge in [-0.3, -0.25) is 0 Å². The normalized spacial score (nSPS) is 11.8. The molecule has 0 saturated carbocycles. The smallest absolute Gasteiger partial charge is 0.183 e. The summed E-state index contributed by atoms with van der Waals surface area (Å²) in [6.07, 6.45) is 1.10. The maximum atomic E-state index is 5.53. The summed E-state index contributed by atoms with van der Waals surface area (Å²) in [4.78, 5) is 4.65. The van der Waals surface area contributed by atoms with E-state index >= 15 is 0 Å². The molecule has 0 unspecified atom stereocenters. The molecule has 2 aromatic rings. The summed E-state index contributed by atoms with van der Waals surface area (Å²) in [6.45, 7) is 9.70. The van der Waals surface area contributed by atoms with Crippen molar-refractivity contribution < 1.29 is 4.74 Å². The molecule has 3 nitrogen and oxygen atoms in total. The van der Waals surface area contributed by atoms with E-state index in [1.54, 1.807) is 18.4 Å². The van der Waals surface area contributed by atoms with Crippen LogP contribution in [0, 0.1) is 0 Å². The van der Waals surface area contributed by atoms with Crippen LogP contribution in [-0.4, -0.2) is 18.6 Å². The Kier molecular flexibility index (Phi) is 3.99. The summed E-state index contributed by atoms with van der Waals surface area (Å²) < 4.78 is 6.70. The third-order valence-electron chi connectivity index (χ3n) is 3.04. The first-order chi connectivity index (χ1) is 8.95. The molecule has 0 aliphatic rings. The van der Waals surface area contributed by atoms with Crippen LogP contribution in [0.3, 0.4) is 0 Å². The van der Waals surface area contributed by atoms with Crippen molar-refractivity contribution in [3.63, 3.8) is 0 Å². The third kappa shape index (κ3) is 3.00. The molecule has 0 spiro atoms. The van der Waals surface area contributed by atoms with Crippen molar-refractivity contribution in [3.05, 3.63) is 17.7 Å². The number of fused-ring (bicyclic) bond motifs is 1. The van der Waals surface area contributed by atoms with E-state index in [-0.39, 0.29) is 5.41 Å². The molecule has 0 fully saturated rings. The standard InChI is InChI=1S/C15H22N2OS/c1-6-7-16-14-17-11-8-10(15(2,3)4)12(18-5)9-13(11)19-14/h8-9H,6-7H2,1-5H3,(H,16,17). The number of thiazole rings is 1. The minimum absolute atomic E-state index is 0.0557. The molecule has 1 heterocycles. The Morgan fingerprint density at radius 3 is 2.63 bits per heavy atom. The topological polar surface area (TPSA) is 34.2 Å². The average Bonchev–Trinajstić information content (AvgIpc) is 2.75. The number of anilines is 1. The number of ether oxygens (including phenoxy) is 1. The van der Waals surface area contributed by atoms with Crippen molar-refractivity contribution in [1.29, 1.82) is 0 Å². The molecule has 0 atom stereocenters. The molecule has 0 amide bonds. The van der Waals surface area contributed by atoms with Crippen LogP contribution in [0.1, 0.15) is 39.7 Å². The van der Waals surface area contributed by atoms with Crippen LogP contribution in [0.15, 0.2) is 12.1 Å². The predicted octanol–water partition coefficient (Wildman–Crippen LogP) is 4.42. The fourth-order valence-corrected chi connectivity index (χ4v) is 2.92. The number of methoxy groups -OCH3 is 1. The molecule has 1 aromatic carbocycles. The molecule has 1 N–H and O–H groups in total. The maximum absolute atomic E-state index is 5.53. The van der Waals surface area contributed by atoms with Crippen molar-refractivity contribution in [2.24, 2.45) is 0 Å². The number of rotatable bonds is 4. The van der Waals surface area contributed by atoms with Crippen molar-refractivity contribution in [2.45, 2.75) is 39.5 Å². The van der Waals surface area contributed by atoms with E-state index in [1.165, 1.54) is 10.3 Å². The second-order valence-corrected chi connectivity index (χ2v) is 6.75. The van der Waals surface area contributed by atoms with Crippen LogP contribution in [0.5, 0.6) is 5.75 Å². The number of aromatic nitrogens is 1. The summed E-state index contributed by atoms with van der Waals surface area (Å²) in [5, 5.41) is 4.34. The van der Waals surface area contributed by atoms with Gasteiger partial charge in [0.15, 0.2) is 5.13 Å². The van der Waals surface area contributed by atoms with Gasteiger partial charge in [0, 0.05) is 12.1 Å². The van der Waals surface area contributed by atoms with Gasteiger partial charge in [0.25, 0.3) is 0 Å². The van der Waals surface area contributed by atoms with Gasteiger partial charge >= 0.3 is 0 Å². The SMILES string of the molecule is CCCNc1nc2cc(C(C)(C)C)c(OC)cc2s1. The minimum Gasteiger partial charge on any atom is -0.496 e. The molecule has 19 heavy (non-hydrogen) atoms. The van der Waals surface area contributed by atoms with Gasteiger partial charge in [0.05, 0.1) is 17.3 Å². The van der Waals surface area contributed by atoms with Crippen LogP contribution in [0.25, 0.3) is 10.2 Å². The van der Waals surface area contributed by atoms with Gasteiger partial charge in [-0.05, 0) is 24.0 Å². The molecule has 4 heteroatoms. The largest absolute Gasteiger partial charge is 0.496 e. The molecule has 2 rings (SSSR count). The first-order valence-corrected chi connectivity index (χ1v) is 7.50. The molecule has 0 aliphatic carbocycles. The lowest BCUT2D eigenvalue weighted by molar-refractivity contribution is 0.398. The number of hydrogen-bond acceptors (Lipinski definition) is 4. The van der Waals surface area contributed by atoms with Crippen LogP contribution in [0.4, 0.5) is 5.13 Å². The average molecular weight is 278 g/mol. The van der Waals surface area contributed by atoms with E-state index in [4.69, 9.17) is 4.74 Å². The Morgan fingerprint density at radius 2 is 2.05 bits per heavy atom. The van der Waals surface area contributed by atoms with Gasteiger partial charge in [-0.1, -0.05) is 39.0 Å². The number of benzene rings is 1. The molecule has 0 radical (unpaired) electrons. The van der Waals surface area contributed by atoms with E-state index in [1.807, 2.05) is 0 Å². The van der Waals surface area contributed by atoms with Gasteiger partial charge in [-0.2, -0.15) is 0 Å². The first kappa shape index (κ1) is 14.1. The molecule has 1 aromatic heterocycles.